The maximum Gasteiger partial charge on any atom is 0.225 e. The van der Waals surface area contributed by atoms with Crippen LogP contribution in [0.4, 0.5) is 4.39 Å². The van der Waals surface area contributed by atoms with Crippen molar-refractivity contribution >= 4 is 17.8 Å². The van der Waals surface area contributed by atoms with Gasteiger partial charge in [-0.25, -0.2) is 9.37 Å². The van der Waals surface area contributed by atoms with Gasteiger partial charge < -0.3 is 9.30 Å². The number of methoxy groups -OCH3 is 1. The van der Waals surface area contributed by atoms with E-state index in [2.05, 4.69) is 9.98 Å². The molecule has 32 heavy (non-hydrogen) atoms. The molecule has 3 aromatic rings. The van der Waals surface area contributed by atoms with E-state index < -0.39 is 5.54 Å². The predicted octanol–water partition coefficient (Wildman–Crippen LogP) is 4.52. The number of aromatic nitrogens is 2. The van der Waals surface area contributed by atoms with Gasteiger partial charge in [0.15, 0.2) is 0 Å². The predicted molar refractivity (Wildman–Crippen MR) is 122 cm³/mol. The number of amides is 1. The molecule has 1 aromatic heterocycles. The largest absolute Gasteiger partial charge is 0.495 e. The first-order valence-corrected chi connectivity index (χ1v) is 10.3. The molecule has 0 radical (unpaired) electrons. The lowest BCUT2D eigenvalue weighted by Crippen LogP contribution is -2.46. The SMILES string of the molecule is COc1cc(/C=C/C2=NCC(C)(c3ccc(F)cc3)N2C(C)=O)ccc1-n1cnc(C)c1. The number of imidazole rings is 1. The lowest BCUT2D eigenvalue weighted by molar-refractivity contribution is -0.128. The second-order valence-electron chi connectivity index (χ2n) is 8.00. The number of hydrogen-bond donors (Lipinski definition) is 0. The van der Waals surface area contributed by atoms with E-state index in [9.17, 15) is 9.18 Å². The fourth-order valence-electron chi connectivity index (χ4n) is 4.03. The van der Waals surface area contributed by atoms with Crippen molar-refractivity contribution in [3.05, 3.63) is 83.7 Å². The van der Waals surface area contributed by atoms with E-state index in [1.54, 1.807) is 30.5 Å². The van der Waals surface area contributed by atoms with Crippen molar-refractivity contribution in [3.8, 4) is 11.4 Å². The monoisotopic (exact) mass is 432 g/mol. The van der Waals surface area contributed by atoms with Gasteiger partial charge in [-0.3, -0.25) is 14.7 Å². The third kappa shape index (κ3) is 3.93. The summed E-state index contributed by atoms with van der Waals surface area (Å²) < 4.78 is 20.9. The Bertz CT molecular complexity index is 1210. The van der Waals surface area contributed by atoms with E-state index in [1.807, 2.05) is 55.0 Å². The van der Waals surface area contributed by atoms with E-state index in [0.717, 1.165) is 22.5 Å². The zero-order valence-corrected chi connectivity index (χ0v) is 18.5. The molecule has 0 saturated heterocycles. The number of aliphatic imine (C=N–C) groups is 1. The molecule has 0 saturated carbocycles. The summed E-state index contributed by atoms with van der Waals surface area (Å²) in [6.45, 7) is 5.79. The van der Waals surface area contributed by atoms with Crippen LogP contribution in [0.1, 0.15) is 30.7 Å². The molecule has 0 N–H and O–H groups in total. The standard InChI is InChI=1S/C25H25FN4O2/c1-17-14-29(16-28-17)22-11-5-19(13-23(22)32-4)6-12-24-27-15-25(3,30(24)18(2)31)20-7-9-21(26)10-8-20/h5-14,16H,15H2,1-4H3/b12-6+. The molecule has 1 amide bonds. The summed E-state index contributed by atoms with van der Waals surface area (Å²) in [6.07, 6.45) is 7.40. The molecular formula is C25H25FN4O2. The summed E-state index contributed by atoms with van der Waals surface area (Å²) in [5.41, 5.74) is 2.88. The number of halogens is 1. The molecule has 7 heteroatoms. The zero-order valence-electron chi connectivity index (χ0n) is 18.5. The van der Waals surface area contributed by atoms with Crippen LogP contribution in [0.2, 0.25) is 0 Å². The van der Waals surface area contributed by atoms with Gasteiger partial charge in [0.05, 0.1) is 36.9 Å². The Labute approximate surface area is 186 Å². The Morgan fingerprint density at radius 2 is 1.94 bits per heavy atom. The molecule has 1 aliphatic heterocycles. The molecule has 0 fully saturated rings. The Hall–Kier alpha value is -3.74. The van der Waals surface area contributed by atoms with Crippen molar-refractivity contribution < 1.29 is 13.9 Å². The average Bonchev–Trinajstić information content (AvgIpc) is 3.36. The first kappa shape index (κ1) is 21.5. The first-order valence-electron chi connectivity index (χ1n) is 10.3. The smallest absolute Gasteiger partial charge is 0.225 e. The highest BCUT2D eigenvalue weighted by atomic mass is 19.1. The van der Waals surface area contributed by atoms with Crippen molar-refractivity contribution in [2.45, 2.75) is 26.3 Å². The summed E-state index contributed by atoms with van der Waals surface area (Å²) in [7, 11) is 1.63. The highest BCUT2D eigenvalue weighted by Gasteiger charge is 2.42. The molecular weight excluding hydrogens is 407 g/mol. The van der Waals surface area contributed by atoms with Crippen molar-refractivity contribution in [2.75, 3.05) is 13.7 Å². The molecule has 0 spiro atoms. The number of carbonyl (C=O) groups is 1. The molecule has 4 rings (SSSR count). The van der Waals surface area contributed by atoms with Gasteiger partial charge in [-0.05, 0) is 55.3 Å². The van der Waals surface area contributed by atoms with Gasteiger partial charge in [-0.1, -0.05) is 24.3 Å². The maximum atomic E-state index is 13.4. The maximum absolute atomic E-state index is 13.4. The van der Waals surface area contributed by atoms with Crippen molar-refractivity contribution in [2.24, 2.45) is 4.99 Å². The Balaban J connectivity index is 1.61. The van der Waals surface area contributed by atoms with Crippen LogP contribution in [-0.2, 0) is 10.3 Å². The second kappa shape index (κ2) is 8.42. The van der Waals surface area contributed by atoms with Crippen LogP contribution in [-0.4, -0.2) is 39.8 Å². The van der Waals surface area contributed by atoms with Crippen molar-refractivity contribution in [1.29, 1.82) is 0 Å². The van der Waals surface area contributed by atoms with E-state index >= 15 is 0 Å². The number of ether oxygens (including phenoxy) is 1. The summed E-state index contributed by atoms with van der Waals surface area (Å²) in [5.74, 6) is 0.838. The van der Waals surface area contributed by atoms with Crippen LogP contribution in [0.3, 0.4) is 0 Å². The number of amidine groups is 1. The number of carbonyl (C=O) groups excluding carboxylic acids is 1. The molecule has 2 heterocycles. The summed E-state index contributed by atoms with van der Waals surface area (Å²) in [5, 5.41) is 0. The van der Waals surface area contributed by atoms with Crippen LogP contribution in [0, 0.1) is 12.7 Å². The quantitative estimate of drug-likeness (QED) is 0.596. The van der Waals surface area contributed by atoms with Gasteiger partial charge in [0.2, 0.25) is 5.91 Å². The first-order chi connectivity index (χ1) is 15.3. The molecule has 0 bridgehead atoms. The molecule has 2 aromatic carbocycles. The number of rotatable bonds is 5. The third-order valence-corrected chi connectivity index (χ3v) is 5.67. The second-order valence-corrected chi connectivity index (χ2v) is 8.00. The lowest BCUT2D eigenvalue weighted by atomic mass is 9.91. The van der Waals surface area contributed by atoms with Crippen LogP contribution >= 0.6 is 0 Å². The van der Waals surface area contributed by atoms with E-state index in [1.165, 1.54) is 19.1 Å². The zero-order chi connectivity index (χ0) is 22.9. The summed E-state index contributed by atoms with van der Waals surface area (Å²) in [6, 6.07) is 12.1. The average molecular weight is 432 g/mol. The molecule has 1 aliphatic rings. The minimum absolute atomic E-state index is 0.124. The fourth-order valence-corrected chi connectivity index (χ4v) is 4.03. The van der Waals surface area contributed by atoms with Crippen molar-refractivity contribution in [1.82, 2.24) is 14.5 Å². The van der Waals surface area contributed by atoms with Crippen LogP contribution in [0.25, 0.3) is 11.8 Å². The molecule has 164 valence electrons. The number of nitrogens with zero attached hydrogens (tertiary/aromatic N) is 4. The highest BCUT2D eigenvalue weighted by molar-refractivity contribution is 6.07. The topological polar surface area (TPSA) is 59.7 Å². The van der Waals surface area contributed by atoms with Gasteiger partial charge in [0.25, 0.3) is 0 Å². The lowest BCUT2D eigenvalue weighted by Gasteiger charge is -2.34. The fraction of sp³-hybridized carbons (Fsp3) is 0.240. The van der Waals surface area contributed by atoms with Gasteiger partial charge in [-0.2, -0.15) is 0 Å². The Morgan fingerprint density at radius 1 is 1.19 bits per heavy atom. The van der Waals surface area contributed by atoms with Gasteiger partial charge >= 0.3 is 0 Å². The molecule has 1 atom stereocenters. The minimum Gasteiger partial charge on any atom is -0.495 e. The van der Waals surface area contributed by atoms with E-state index in [0.29, 0.717) is 18.1 Å². The van der Waals surface area contributed by atoms with Crippen LogP contribution < -0.4 is 4.74 Å². The molecule has 0 aliphatic carbocycles. The van der Waals surface area contributed by atoms with Gasteiger partial charge in [-0.15, -0.1) is 0 Å². The van der Waals surface area contributed by atoms with Gasteiger partial charge in [0, 0.05) is 13.1 Å². The minimum atomic E-state index is -0.667. The third-order valence-electron chi connectivity index (χ3n) is 5.67. The van der Waals surface area contributed by atoms with E-state index in [-0.39, 0.29) is 11.7 Å². The number of benzene rings is 2. The van der Waals surface area contributed by atoms with Gasteiger partial charge in [0.1, 0.15) is 17.4 Å². The highest BCUT2D eigenvalue weighted by Crippen LogP contribution is 2.34. The van der Waals surface area contributed by atoms with Crippen LogP contribution in [0.5, 0.6) is 5.75 Å². The Morgan fingerprint density at radius 3 is 2.56 bits per heavy atom. The molecule has 6 nitrogen and oxygen atoms in total. The Kier molecular flexibility index (Phi) is 5.65. The van der Waals surface area contributed by atoms with E-state index in [4.69, 9.17) is 4.74 Å². The number of aryl methyl sites for hydroxylation is 1. The van der Waals surface area contributed by atoms with Crippen molar-refractivity contribution in [3.63, 3.8) is 0 Å². The summed E-state index contributed by atoms with van der Waals surface area (Å²) in [4.78, 5) is 23.1. The normalized spacial score (nSPS) is 18.3. The number of hydrogen-bond acceptors (Lipinski definition) is 4. The van der Waals surface area contributed by atoms with Crippen LogP contribution in [0.15, 0.2) is 66.1 Å². The molecule has 1 unspecified atom stereocenters. The summed E-state index contributed by atoms with van der Waals surface area (Å²) >= 11 is 0.